The summed E-state index contributed by atoms with van der Waals surface area (Å²) in [5.41, 5.74) is 3.08. The van der Waals surface area contributed by atoms with Gasteiger partial charge in [-0.25, -0.2) is 8.42 Å². The lowest BCUT2D eigenvalue weighted by Crippen LogP contribution is -2.52. The molecular formula is C25H35N3O4S. The third-order valence-electron chi connectivity index (χ3n) is 5.43. The van der Waals surface area contributed by atoms with Crippen molar-refractivity contribution in [2.45, 2.75) is 53.1 Å². The van der Waals surface area contributed by atoms with E-state index in [0.29, 0.717) is 18.7 Å². The first-order valence-electron chi connectivity index (χ1n) is 11.2. The van der Waals surface area contributed by atoms with Crippen LogP contribution in [-0.4, -0.2) is 50.5 Å². The number of carbonyl (C=O) groups excluding carboxylic acids is 2. The van der Waals surface area contributed by atoms with Crippen molar-refractivity contribution in [1.82, 2.24) is 10.2 Å². The average molecular weight is 474 g/mol. The molecule has 0 aliphatic heterocycles. The van der Waals surface area contributed by atoms with Gasteiger partial charge in [-0.2, -0.15) is 0 Å². The number of nitrogens with zero attached hydrogens (tertiary/aromatic N) is 2. The number of anilines is 1. The van der Waals surface area contributed by atoms with Gasteiger partial charge in [0.1, 0.15) is 12.6 Å². The lowest BCUT2D eigenvalue weighted by Gasteiger charge is -2.33. The number of aryl methyl sites for hydroxylation is 2. The highest BCUT2D eigenvalue weighted by molar-refractivity contribution is 7.92. The Morgan fingerprint density at radius 1 is 1.03 bits per heavy atom. The van der Waals surface area contributed by atoms with Crippen LogP contribution in [0.1, 0.15) is 43.4 Å². The van der Waals surface area contributed by atoms with Gasteiger partial charge in [-0.3, -0.25) is 13.9 Å². The summed E-state index contributed by atoms with van der Waals surface area (Å²) in [4.78, 5) is 27.9. The van der Waals surface area contributed by atoms with Crippen LogP contribution < -0.4 is 9.62 Å². The van der Waals surface area contributed by atoms with E-state index in [0.717, 1.165) is 33.7 Å². The van der Waals surface area contributed by atoms with Crippen molar-refractivity contribution in [2.75, 3.05) is 23.7 Å². The SMILES string of the molecule is CCCNC(=O)C(CC)N(Cc1ccccc1)C(=O)CN(c1ccc(C)cc1C)S(C)(=O)=O. The van der Waals surface area contributed by atoms with E-state index in [4.69, 9.17) is 0 Å². The molecule has 2 rings (SSSR count). The predicted molar refractivity (Wildman–Crippen MR) is 132 cm³/mol. The zero-order valence-electron chi connectivity index (χ0n) is 20.2. The second kappa shape index (κ2) is 11.8. The molecule has 0 aliphatic carbocycles. The molecule has 2 aromatic carbocycles. The first kappa shape index (κ1) is 26.4. The number of nitrogens with one attached hydrogen (secondary N) is 1. The molecule has 0 saturated heterocycles. The molecule has 0 bridgehead atoms. The summed E-state index contributed by atoms with van der Waals surface area (Å²) >= 11 is 0. The smallest absolute Gasteiger partial charge is 0.244 e. The highest BCUT2D eigenvalue weighted by atomic mass is 32.2. The summed E-state index contributed by atoms with van der Waals surface area (Å²) in [7, 11) is -3.74. The molecule has 8 heteroatoms. The Kier molecular flexibility index (Phi) is 9.46. The van der Waals surface area contributed by atoms with Gasteiger partial charge in [-0.15, -0.1) is 0 Å². The Morgan fingerprint density at radius 3 is 2.24 bits per heavy atom. The highest BCUT2D eigenvalue weighted by Crippen LogP contribution is 2.24. The number of hydrogen-bond donors (Lipinski definition) is 1. The molecular weight excluding hydrogens is 438 g/mol. The molecule has 33 heavy (non-hydrogen) atoms. The van der Waals surface area contributed by atoms with Crippen LogP contribution in [0.4, 0.5) is 5.69 Å². The molecule has 1 N–H and O–H groups in total. The number of rotatable bonds is 11. The van der Waals surface area contributed by atoms with Crippen LogP contribution >= 0.6 is 0 Å². The fraction of sp³-hybridized carbons (Fsp3) is 0.440. The van der Waals surface area contributed by atoms with Gasteiger partial charge in [0.05, 0.1) is 11.9 Å². The van der Waals surface area contributed by atoms with Crippen molar-refractivity contribution in [3.63, 3.8) is 0 Å². The van der Waals surface area contributed by atoms with E-state index in [1.165, 1.54) is 4.90 Å². The normalized spacial score (nSPS) is 12.2. The van der Waals surface area contributed by atoms with Crippen LogP contribution in [0.5, 0.6) is 0 Å². The number of carbonyl (C=O) groups is 2. The maximum absolute atomic E-state index is 13.6. The molecule has 0 heterocycles. The van der Waals surface area contributed by atoms with E-state index in [1.807, 2.05) is 70.2 Å². The van der Waals surface area contributed by atoms with Crippen LogP contribution in [0.15, 0.2) is 48.5 Å². The lowest BCUT2D eigenvalue weighted by atomic mass is 10.1. The Hall–Kier alpha value is -2.87. The Bertz CT molecular complexity index is 1050. The van der Waals surface area contributed by atoms with Gasteiger partial charge in [-0.05, 0) is 43.9 Å². The van der Waals surface area contributed by atoms with Crippen molar-refractivity contribution >= 4 is 27.5 Å². The van der Waals surface area contributed by atoms with E-state index < -0.39 is 22.0 Å². The second-order valence-electron chi connectivity index (χ2n) is 8.28. The van der Waals surface area contributed by atoms with Gasteiger partial charge in [-0.1, -0.05) is 61.9 Å². The third kappa shape index (κ3) is 7.32. The van der Waals surface area contributed by atoms with Crippen molar-refractivity contribution in [1.29, 1.82) is 0 Å². The van der Waals surface area contributed by atoms with Crippen molar-refractivity contribution in [3.8, 4) is 0 Å². The van der Waals surface area contributed by atoms with Gasteiger partial charge in [0.2, 0.25) is 21.8 Å². The standard InChI is InChI=1S/C25H35N3O4S/c1-6-15-26-25(30)22(7-2)27(17-21-11-9-8-10-12-21)24(29)18-28(33(5,31)32)23-14-13-19(3)16-20(23)4/h8-14,16,22H,6-7,15,17-18H2,1-5H3,(H,26,30). The minimum Gasteiger partial charge on any atom is -0.354 e. The molecule has 0 aliphatic rings. The van der Waals surface area contributed by atoms with E-state index in [9.17, 15) is 18.0 Å². The van der Waals surface area contributed by atoms with Gasteiger partial charge in [0.15, 0.2) is 0 Å². The Labute approximate surface area is 197 Å². The molecule has 0 spiro atoms. The van der Waals surface area contributed by atoms with E-state index in [1.54, 1.807) is 6.07 Å². The average Bonchev–Trinajstić information content (AvgIpc) is 2.76. The van der Waals surface area contributed by atoms with Crippen LogP contribution in [0.2, 0.25) is 0 Å². The van der Waals surface area contributed by atoms with Crippen LogP contribution in [0.25, 0.3) is 0 Å². The summed E-state index contributed by atoms with van der Waals surface area (Å²) in [6, 6.07) is 14.1. The molecule has 2 amide bonds. The first-order chi connectivity index (χ1) is 15.6. The zero-order chi connectivity index (χ0) is 24.6. The zero-order valence-corrected chi connectivity index (χ0v) is 21.0. The highest BCUT2D eigenvalue weighted by Gasteiger charge is 2.31. The molecule has 0 saturated carbocycles. The molecule has 180 valence electrons. The molecule has 0 aromatic heterocycles. The largest absolute Gasteiger partial charge is 0.354 e. The Morgan fingerprint density at radius 2 is 1.70 bits per heavy atom. The monoisotopic (exact) mass is 473 g/mol. The van der Waals surface area contributed by atoms with E-state index in [2.05, 4.69) is 5.32 Å². The van der Waals surface area contributed by atoms with Crippen LogP contribution in [-0.2, 0) is 26.2 Å². The molecule has 0 radical (unpaired) electrons. The van der Waals surface area contributed by atoms with E-state index in [-0.39, 0.29) is 19.0 Å². The molecule has 2 aromatic rings. The summed E-state index contributed by atoms with van der Waals surface area (Å²) < 4.78 is 26.5. The van der Waals surface area contributed by atoms with Gasteiger partial charge in [0.25, 0.3) is 0 Å². The lowest BCUT2D eigenvalue weighted by molar-refractivity contribution is -0.140. The molecule has 0 fully saturated rings. The van der Waals surface area contributed by atoms with Crippen LogP contribution in [0, 0.1) is 13.8 Å². The van der Waals surface area contributed by atoms with Gasteiger partial charge in [0, 0.05) is 13.1 Å². The predicted octanol–water partition coefficient (Wildman–Crippen LogP) is 3.40. The summed E-state index contributed by atoms with van der Waals surface area (Å²) in [5, 5.41) is 2.87. The number of hydrogen-bond acceptors (Lipinski definition) is 4. The van der Waals surface area contributed by atoms with Crippen molar-refractivity contribution in [3.05, 3.63) is 65.2 Å². The van der Waals surface area contributed by atoms with Crippen molar-refractivity contribution in [2.24, 2.45) is 0 Å². The fourth-order valence-electron chi connectivity index (χ4n) is 3.75. The molecule has 7 nitrogen and oxygen atoms in total. The fourth-order valence-corrected chi connectivity index (χ4v) is 4.65. The van der Waals surface area contributed by atoms with Crippen LogP contribution in [0.3, 0.4) is 0 Å². The Balaban J connectivity index is 2.43. The second-order valence-corrected chi connectivity index (χ2v) is 10.2. The van der Waals surface area contributed by atoms with E-state index >= 15 is 0 Å². The maximum Gasteiger partial charge on any atom is 0.244 e. The third-order valence-corrected chi connectivity index (χ3v) is 6.56. The van der Waals surface area contributed by atoms with Gasteiger partial charge >= 0.3 is 0 Å². The number of benzene rings is 2. The number of sulfonamides is 1. The maximum atomic E-state index is 13.6. The minimum atomic E-state index is -3.74. The summed E-state index contributed by atoms with van der Waals surface area (Å²) in [6.07, 6.45) is 2.28. The quantitative estimate of drug-likeness (QED) is 0.542. The minimum absolute atomic E-state index is 0.211. The van der Waals surface area contributed by atoms with Gasteiger partial charge < -0.3 is 10.2 Å². The van der Waals surface area contributed by atoms with Crippen molar-refractivity contribution < 1.29 is 18.0 Å². The summed E-state index contributed by atoms with van der Waals surface area (Å²) in [5.74, 6) is -0.663. The number of amides is 2. The molecule has 1 atom stereocenters. The summed E-state index contributed by atoms with van der Waals surface area (Å²) in [6.45, 7) is 7.90. The molecule has 1 unspecified atom stereocenters. The topological polar surface area (TPSA) is 86.8 Å². The first-order valence-corrected chi connectivity index (χ1v) is 13.1.